The number of aryl methyl sites for hydroxylation is 1. The van der Waals surface area contributed by atoms with E-state index in [1.165, 1.54) is 9.87 Å². The second kappa shape index (κ2) is 8.78. The van der Waals surface area contributed by atoms with E-state index in [1.54, 1.807) is 12.1 Å². The van der Waals surface area contributed by atoms with Crippen LogP contribution in [0.25, 0.3) is 0 Å². The van der Waals surface area contributed by atoms with E-state index >= 15 is 0 Å². The summed E-state index contributed by atoms with van der Waals surface area (Å²) >= 11 is 0. The number of nitrogens with one attached hydrogen (secondary N) is 1. The summed E-state index contributed by atoms with van der Waals surface area (Å²) in [5.74, 6) is 0.716. The third-order valence-electron chi connectivity index (χ3n) is 5.07. The quantitative estimate of drug-likeness (QED) is 0.690. The van der Waals surface area contributed by atoms with Crippen molar-refractivity contribution in [2.75, 3.05) is 30.3 Å². The van der Waals surface area contributed by atoms with Crippen LogP contribution in [-0.4, -0.2) is 46.4 Å². The molecule has 168 valence electrons. The number of fused-ring (bicyclic) bond motifs is 1. The number of benzene rings is 2. The zero-order valence-electron chi connectivity index (χ0n) is 18.6. The lowest BCUT2D eigenvalue weighted by molar-refractivity contribution is -0.127. The minimum Gasteiger partial charge on any atom is -0.492 e. The second-order valence-electron chi connectivity index (χ2n) is 8.79. The molecule has 3 rings (SSSR count). The Labute approximate surface area is 184 Å². The van der Waals surface area contributed by atoms with Crippen molar-refractivity contribution in [1.82, 2.24) is 5.32 Å². The molecular formula is C23H30N2O5S. The topological polar surface area (TPSA) is 84.9 Å². The number of ether oxygens (including phenoxy) is 2. The summed E-state index contributed by atoms with van der Waals surface area (Å²) in [4.78, 5) is 12.6. The van der Waals surface area contributed by atoms with Gasteiger partial charge in [0, 0.05) is 0 Å². The number of carbonyl (C=O) groups excluding carboxylic acids is 1. The predicted octanol–water partition coefficient (Wildman–Crippen LogP) is 3.01. The summed E-state index contributed by atoms with van der Waals surface area (Å²) in [5.41, 5.74) is 2.65. The molecule has 1 unspecified atom stereocenters. The molecule has 1 heterocycles. The van der Waals surface area contributed by atoms with E-state index in [-0.39, 0.29) is 24.4 Å². The highest BCUT2D eigenvalue weighted by molar-refractivity contribution is 7.92. The van der Waals surface area contributed by atoms with E-state index in [0.29, 0.717) is 18.0 Å². The Morgan fingerprint density at radius 1 is 1.19 bits per heavy atom. The Morgan fingerprint density at radius 2 is 1.87 bits per heavy atom. The molecule has 1 N–H and O–H groups in total. The highest BCUT2D eigenvalue weighted by atomic mass is 32.2. The van der Waals surface area contributed by atoms with Gasteiger partial charge in [-0.3, -0.25) is 9.10 Å². The normalized spacial score (nSPS) is 16.3. The standard InChI is InChI=1S/C23H30N2O5S/c1-16-6-11-20-19(14-16)25(31(5,27)28)15-21(30-20)22(26)24-12-13-29-18-9-7-17(8-10-18)23(2,3)4/h6-11,14,21H,12-13,15H2,1-5H3,(H,24,26). The maximum atomic E-state index is 12.6. The van der Waals surface area contributed by atoms with Gasteiger partial charge in [0.05, 0.1) is 25.0 Å². The van der Waals surface area contributed by atoms with Crippen molar-refractivity contribution in [3.63, 3.8) is 0 Å². The van der Waals surface area contributed by atoms with Gasteiger partial charge in [-0.05, 0) is 47.7 Å². The first-order chi connectivity index (χ1) is 14.4. The zero-order valence-corrected chi connectivity index (χ0v) is 19.5. The molecule has 2 aromatic carbocycles. The molecule has 1 amide bonds. The number of sulfonamides is 1. The molecular weight excluding hydrogens is 416 g/mol. The van der Waals surface area contributed by atoms with E-state index in [2.05, 4.69) is 26.1 Å². The molecule has 7 nitrogen and oxygen atoms in total. The van der Waals surface area contributed by atoms with E-state index in [4.69, 9.17) is 9.47 Å². The lowest BCUT2D eigenvalue weighted by Crippen LogP contribution is -2.51. The highest BCUT2D eigenvalue weighted by Crippen LogP contribution is 2.35. The molecule has 8 heteroatoms. The van der Waals surface area contributed by atoms with Crippen LogP contribution in [0.3, 0.4) is 0 Å². The monoisotopic (exact) mass is 446 g/mol. The summed E-state index contributed by atoms with van der Waals surface area (Å²) in [6.07, 6.45) is 0.189. The number of hydrogen-bond acceptors (Lipinski definition) is 5. The van der Waals surface area contributed by atoms with Crippen molar-refractivity contribution in [2.24, 2.45) is 0 Å². The first-order valence-corrected chi connectivity index (χ1v) is 12.1. The van der Waals surface area contributed by atoms with Crippen LogP contribution in [0.15, 0.2) is 42.5 Å². The van der Waals surface area contributed by atoms with E-state index in [9.17, 15) is 13.2 Å². The highest BCUT2D eigenvalue weighted by Gasteiger charge is 2.34. The molecule has 0 aromatic heterocycles. The Hall–Kier alpha value is -2.74. The zero-order chi connectivity index (χ0) is 22.8. The lowest BCUT2D eigenvalue weighted by atomic mass is 9.87. The third-order valence-corrected chi connectivity index (χ3v) is 6.21. The Kier molecular flexibility index (Phi) is 6.50. The van der Waals surface area contributed by atoms with Gasteiger partial charge in [0.2, 0.25) is 10.0 Å². The molecule has 0 radical (unpaired) electrons. The van der Waals surface area contributed by atoms with E-state index < -0.39 is 16.1 Å². The van der Waals surface area contributed by atoms with Crippen LogP contribution in [0.2, 0.25) is 0 Å². The fourth-order valence-corrected chi connectivity index (χ4v) is 4.23. The van der Waals surface area contributed by atoms with Crippen LogP contribution in [-0.2, 0) is 20.2 Å². The number of carbonyl (C=O) groups is 1. The van der Waals surface area contributed by atoms with Gasteiger partial charge >= 0.3 is 0 Å². The van der Waals surface area contributed by atoms with Crippen LogP contribution < -0.4 is 19.1 Å². The molecule has 1 aliphatic heterocycles. The summed E-state index contributed by atoms with van der Waals surface area (Å²) in [5, 5.41) is 2.76. The molecule has 2 aromatic rings. The predicted molar refractivity (Wildman–Crippen MR) is 121 cm³/mol. The Morgan fingerprint density at radius 3 is 2.48 bits per heavy atom. The number of anilines is 1. The Balaban J connectivity index is 1.56. The van der Waals surface area contributed by atoms with Gasteiger partial charge in [-0.2, -0.15) is 0 Å². The molecule has 0 aliphatic carbocycles. The molecule has 31 heavy (non-hydrogen) atoms. The Bertz CT molecular complexity index is 1040. The van der Waals surface area contributed by atoms with Crippen LogP contribution >= 0.6 is 0 Å². The van der Waals surface area contributed by atoms with Crippen molar-refractivity contribution >= 4 is 21.6 Å². The summed E-state index contributed by atoms with van der Waals surface area (Å²) in [6.45, 7) is 8.81. The summed E-state index contributed by atoms with van der Waals surface area (Å²) < 4.78 is 37.2. The average Bonchev–Trinajstić information content (AvgIpc) is 2.69. The molecule has 1 atom stereocenters. The van der Waals surface area contributed by atoms with Gasteiger partial charge in [-0.1, -0.05) is 39.0 Å². The molecule has 0 spiro atoms. The van der Waals surface area contributed by atoms with Crippen molar-refractivity contribution < 1.29 is 22.7 Å². The molecule has 1 aliphatic rings. The van der Waals surface area contributed by atoms with Crippen molar-refractivity contribution in [3.05, 3.63) is 53.6 Å². The molecule has 0 bridgehead atoms. The first-order valence-electron chi connectivity index (χ1n) is 10.2. The number of nitrogens with zero attached hydrogens (tertiary/aromatic N) is 1. The van der Waals surface area contributed by atoms with Crippen molar-refractivity contribution in [2.45, 2.75) is 39.2 Å². The van der Waals surface area contributed by atoms with Crippen LogP contribution in [0.4, 0.5) is 5.69 Å². The smallest absolute Gasteiger partial charge is 0.263 e. The summed E-state index contributed by atoms with van der Waals surface area (Å²) in [6, 6.07) is 13.1. The maximum absolute atomic E-state index is 12.6. The van der Waals surface area contributed by atoms with E-state index in [1.807, 2.05) is 37.3 Å². The number of amides is 1. The molecule has 0 fully saturated rings. The summed E-state index contributed by atoms with van der Waals surface area (Å²) in [7, 11) is -3.55. The van der Waals surface area contributed by atoms with Gasteiger partial charge in [0.1, 0.15) is 18.1 Å². The van der Waals surface area contributed by atoms with Gasteiger partial charge in [0.25, 0.3) is 5.91 Å². The van der Waals surface area contributed by atoms with Gasteiger partial charge in [-0.15, -0.1) is 0 Å². The van der Waals surface area contributed by atoms with Crippen LogP contribution in [0, 0.1) is 6.92 Å². The fraction of sp³-hybridized carbons (Fsp3) is 0.435. The van der Waals surface area contributed by atoms with Gasteiger partial charge < -0.3 is 14.8 Å². The third kappa shape index (κ3) is 5.70. The largest absolute Gasteiger partial charge is 0.492 e. The van der Waals surface area contributed by atoms with Crippen LogP contribution in [0.1, 0.15) is 31.9 Å². The van der Waals surface area contributed by atoms with Crippen molar-refractivity contribution in [3.8, 4) is 11.5 Å². The number of hydrogen-bond donors (Lipinski definition) is 1. The SMILES string of the molecule is Cc1ccc2c(c1)N(S(C)(=O)=O)CC(C(=O)NCCOc1ccc(C(C)(C)C)cc1)O2. The number of rotatable bonds is 6. The second-order valence-corrected chi connectivity index (χ2v) is 10.7. The minimum absolute atomic E-state index is 0.0731. The first kappa shape index (κ1) is 22.9. The minimum atomic E-state index is -3.55. The fourth-order valence-electron chi connectivity index (χ4n) is 3.32. The van der Waals surface area contributed by atoms with Gasteiger partial charge in [-0.25, -0.2) is 8.42 Å². The molecule has 0 saturated carbocycles. The maximum Gasteiger partial charge on any atom is 0.263 e. The molecule has 0 saturated heterocycles. The van der Waals surface area contributed by atoms with E-state index in [0.717, 1.165) is 17.6 Å². The lowest BCUT2D eigenvalue weighted by Gasteiger charge is -2.34. The average molecular weight is 447 g/mol. The van der Waals surface area contributed by atoms with Crippen LogP contribution in [0.5, 0.6) is 11.5 Å². The van der Waals surface area contributed by atoms with Crippen molar-refractivity contribution in [1.29, 1.82) is 0 Å². The van der Waals surface area contributed by atoms with Gasteiger partial charge in [0.15, 0.2) is 6.10 Å².